The number of halogens is 3. The van der Waals surface area contributed by atoms with E-state index in [1.54, 1.807) is 0 Å². The molecule has 1 aromatic rings. The Balaban J connectivity index is 2.55. The van der Waals surface area contributed by atoms with Gasteiger partial charge in [0.1, 0.15) is 5.75 Å². The second-order valence-corrected chi connectivity index (χ2v) is 4.80. The highest BCUT2D eigenvalue weighted by molar-refractivity contribution is 9.10. The van der Waals surface area contributed by atoms with Gasteiger partial charge in [-0.2, -0.15) is 8.78 Å². The van der Waals surface area contributed by atoms with Crippen molar-refractivity contribution in [1.29, 1.82) is 0 Å². The number of rotatable bonds is 7. The number of amides is 2. The van der Waals surface area contributed by atoms with Gasteiger partial charge in [-0.3, -0.25) is 4.79 Å². The van der Waals surface area contributed by atoms with Crippen LogP contribution in [0.3, 0.4) is 0 Å². The molecule has 1 rings (SSSR count). The zero-order chi connectivity index (χ0) is 15.8. The topological polar surface area (TPSA) is 87.7 Å². The van der Waals surface area contributed by atoms with Gasteiger partial charge in [0.25, 0.3) is 0 Å². The van der Waals surface area contributed by atoms with Gasteiger partial charge in [-0.25, -0.2) is 4.79 Å². The first-order chi connectivity index (χ1) is 9.88. The predicted octanol–water partition coefficient (Wildman–Crippen LogP) is 2.32. The summed E-state index contributed by atoms with van der Waals surface area (Å²) in [7, 11) is 0. The third-order valence-electron chi connectivity index (χ3n) is 2.30. The van der Waals surface area contributed by atoms with Crippen LogP contribution in [0.1, 0.15) is 12.0 Å². The van der Waals surface area contributed by atoms with Crippen molar-refractivity contribution in [3.8, 4) is 5.75 Å². The molecule has 0 radical (unpaired) electrons. The van der Waals surface area contributed by atoms with Gasteiger partial charge in [0.15, 0.2) is 0 Å². The summed E-state index contributed by atoms with van der Waals surface area (Å²) in [5, 5.41) is 13.2. The maximum absolute atomic E-state index is 12.3. The van der Waals surface area contributed by atoms with E-state index in [-0.39, 0.29) is 25.3 Å². The zero-order valence-electron chi connectivity index (χ0n) is 10.7. The van der Waals surface area contributed by atoms with Crippen LogP contribution < -0.4 is 15.4 Å². The molecule has 0 bridgehead atoms. The van der Waals surface area contributed by atoms with Crippen LogP contribution in [0, 0.1) is 0 Å². The van der Waals surface area contributed by atoms with Crippen LogP contribution in [-0.2, 0) is 11.3 Å². The highest BCUT2D eigenvalue weighted by Gasteiger charge is 2.11. The van der Waals surface area contributed by atoms with Gasteiger partial charge < -0.3 is 20.5 Å². The van der Waals surface area contributed by atoms with Crippen molar-refractivity contribution in [3.05, 3.63) is 28.2 Å². The number of alkyl halides is 2. The molecule has 6 nitrogen and oxygen atoms in total. The molecule has 0 saturated carbocycles. The summed E-state index contributed by atoms with van der Waals surface area (Å²) in [6.07, 6.45) is -0.204. The molecular formula is C12H13BrF2N2O4. The fourth-order valence-corrected chi connectivity index (χ4v) is 1.83. The Hall–Kier alpha value is -1.90. The Labute approximate surface area is 127 Å². The molecule has 0 aliphatic rings. The molecule has 1 aromatic carbocycles. The summed E-state index contributed by atoms with van der Waals surface area (Å²) in [6.45, 7) is -3.03. The first-order valence-corrected chi connectivity index (χ1v) is 6.64. The van der Waals surface area contributed by atoms with E-state index in [2.05, 4.69) is 31.3 Å². The molecule has 0 heterocycles. The van der Waals surface area contributed by atoms with Crippen molar-refractivity contribution < 1.29 is 28.2 Å². The molecule has 116 valence electrons. The molecule has 0 unspecified atom stereocenters. The lowest BCUT2D eigenvalue weighted by atomic mass is 10.2. The van der Waals surface area contributed by atoms with Crippen molar-refractivity contribution in [2.75, 3.05) is 6.54 Å². The number of urea groups is 1. The van der Waals surface area contributed by atoms with Crippen LogP contribution in [0.4, 0.5) is 13.6 Å². The van der Waals surface area contributed by atoms with Gasteiger partial charge in [0, 0.05) is 23.1 Å². The molecule has 3 N–H and O–H groups in total. The molecular weight excluding hydrogens is 354 g/mol. The second kappa shape index (κ2) is 8.40. The molecule has 0 atom stereocenters. The van der Waals surface area contributed by atoms with Gasteiger partial charge in [0.05, 0.1) is 6.42 Å². The highest BCUT2D eigenvalue weighted by Crippen LogP contribution is 2.24. The zero-order valence-corrected chi connectivity index (χ0v) is 12.3. The number of hydrogen-bond donors (Lipinski definition) is 3. The summed E-state index contributed by atoms with van der Waals surface area (Å²) < 4.78 is 29.5. The normalized spacial score (nSPS) is 10.3. The van der Waals surface area contributed by atoms with Crippen molar-refractivity contribution >= 4 is 27.9 Å². The van der Waals surface area contributed by atoms with Gasteiger partial charge >= 0.3 is 18.6 Å². The van der Waals surface area contributed by atoms with Crippen LogP contribution in [0.15, 0.2) is 22.7 Å². The fourth-order valence-electron chi connectivity index (χ4n) is 1.42. The quantitative estimate of drug-likeness (QED) is 0.690. The molecule has 9 heteroatoms. The monoisotopic (exact) mass is 366 g/mol. The lowest BCUT2D eigenvalue weighted by Crippen LogP contribution is -2.36. The molecule has 0 fully saturated rings. The van der Waals surface area contributed by atoms with E-state index in [9.17, 15) is 18.4 Å². The van der Waals surface area contributed by atoms with E-state index >= 15 is 0 Å². The minimum Gasteiger partial charge on any atom is -0.481 e. The van der Waals surface area contributed by atoms with Crippen molar-refractivity contribution in [3.63, 3.8) is 0 Å². The van der Waals surface area contributed by atoms with Crippen LogP contribution >= 0.6 is 15.9 Å². The fraction of sp³-hybridized carbons (Fsp3) is 0.333. The number of aliphatic carboxylic acids is 1. The van der Waals surface area contributed by atoms with Gasteiger partial charge in [0.2, 0.25) is 0 Å². The Bertz CT molecular complexity index is 514. The Kier molecular flexibility index (Phi) is 6.86. The lowest BCUT2D eigenvalue weighted by molar-refractivity contribution is -0.136. The number of carbonyl (C=O) groups excluding carboxylic acids is 1. The van der Waals surface area contributed by atoms with Crippen LogP contribution in [0.25, 0.3) is 0 Å². The minimum atomic E-state index is -2.96. The van der Waals surface area contributed by atoms with Crippen LogP contribution in [0.2, 0.25) is 0 Å². The van der Waals surface area contributed by atoms with E-state index in [4.69, 9.17) is 5.11 Å². The van der Waals surface area contributed by atoms with E-state index in [0.29, 0.717) is 10.0 Å². The number of carbonyl (C=O) groups is 2. The Morgan fingerprint density at radius 3 is 2.67 bits per heavy atom. The summed E-state index contributed by atoms with van der Waals surface area (Å²) >= 11 is 3.19. The van der Waals surface area contributed by atoms with Crippen LogP contribution in [0.5, 0.6) is 5.75 Å². The molecule has 0 aromatic heterocycles. The number of benzene rings is 1. The number of nitrogens with one attached hydrogen (secondary N) is 2. The SMILES string of the molecule is O=C(O)CCNC(=O)NCc1cc(Br)ccc1OC(F)F. The highest BCUT2D eigenvalue weighted by atomic mass is 79.9. The van der Waals surface area contributed by atoms with Gasteiger partial charge in [-0.15, -0.1) is 0 Å². The average Bonchev–Trinajstić information content (AvgIpc) is 2.38. The average molecular weight is 367 g/mol. The van der Waals surface area contributed by atoms with E-state index < -0.39 is 18.6 Å². The number of hydrogen-bond acceptors (Lipinski definition) is 3. The first-order valence-electron chi connectivity index (χ1n) is 5.85. The third-order valence-corrected chi connectivity index (χ3v) is 2.80. The van der Waals surface area contributed by atoms with Gasteiger partial charge in [-0.05, 0) is 18.2 Å². The molecule has 0 spiro atoms. The third kappa shape index (κ3) is 6.89. The first kappa shape index (κ1) is 17.2. The minimum absolute atomic E-state index is 0.0277. The molecule has 21 heavy (non-hydrogen) atoms. The maximum Gasteiger partial charge on any atom is 0.387 e. The molecule has 0 saturated heterocycles. The summed E-state index contributed by atoms with van der Waals surface area (Å²) in [5.74, 6) is -1.08. The molecule has 0 aliphatic carbocycles. The summed E-state index contributed by atoms with van der Waals surface area (Å²) in [4.78, 5) is 21.7. The second-order valence-electron chi connectivity index (χ2n) is 3.88. The summed E-state index contributed by atoms with van der Waals surface area (Å²) in [5.41, 5.74) is 0.359. The van der Waals surface area contributed by atoms with E-state index in [0.717, 1.165) is 0 Å². The Morgan fingerprint density at radius 2 is 2.05 bits per heavy atom. The number of ether oxygens (including phenoxy) is 1. The van der Waals surface area contributed by atoms with Crippen molar-refractivity contribution in [2.45, 2.75) is 19.6 Å². The van der Waals surface area contributed by atoms with Gasteiger partial charge in [-0.1, -0.05) is 15.9 Å². The molecule has 2 amide bonds. The smallest absolute Gasteiger partial charge is 0.387 e. The van der Waals surface area contributed by atoms with Crippen molar-refractivity contribution in [2.24, 2.45) is 0 Å². The maximum atomic E-state index is 12.3. The van der Waals surface area contributed by atoms with E-state index in [1.807, 2.05) is 0 Å². The molecule has 0 aliphatic heterocycles. The number of carboxylic acid groups (broad SMARTS) is 1. The lowest BCUT2D eigenvalue weighted by Gasteiger charge is -2.12. The van der Waals surface area contributed by atoms with Crippen LogP contribution in [-0.4, -0.2) is 30.3 Å². The Morgan fingerprint density at radius 1 is 1.33 bits per heavy atom. The number of carboxylic acids is 1. The standard InChI is InChI=1S/C12H13BrF2N2O4/c13-8-1-2-9(21-11(14)15)7(5-8)6-17-12(20)16-4-3-10(18)19/h1-2,5,11H,3-4,6H2,(H,18,19)(H2,16,17,20). The van der Waals surface area contributed by atoms with E-state index in [1.165, 1.54) is 18.2 Å². The predicted molar refractivity (Wildman–Crippen MR) is 73.3 cm³/mol. The summed E-state index contributed by atoms with van der Waals surface area (Å²) in [6, 6.07) is 3.83. The largest absolute Gasteiger partial charge is 0.481 e. The van der Waals surface area contributed by atoms with Crippen molar-refractivity contribution in [1.82, 2.24) is 10.6 Å².